The van der Waals surface area contributed by atoms with Crippen LogP contribution in [0.1, 0.15) is 38.2 Å². The van der Waals surface area contributed by atoms with Gasteiger partial charge >= 0.3 is 0 Å². The minimum Gasteiger partial charge on any atom is -0.352 e. The zero-order chi connectivity index (χ0) is 14.5. The van der Waals surface area contributed by atoms with Gasteiger partial charge in [0.1, 0.15) is 11.1 Å². The van der Waals surface area contributed by atoms with Gasteiger partial charge < -0.3 is 5.32 Å². The monoisotopic (exact) mass is 297 g/mol. The third-order valence-electron chi connectivity index (χ3n) is 3.66. The van der Waals surface area contributed by atoms with Crippen molar-refractivity contribution in [2.45, 2.75) is 49.7 Å². The summed E-state index contributed by atoms with van der Waals surface area (Å²) in [6.45, 7) is 1.67. The van der Waals surface area contributed by atoms with Crippen molar-refractivity contribution in [2.75, 3.05) is 0 Å². The predicted octanol–water partition coefficient (Wildman–Crippen LogP) is 2.52. The lowest BCUT2D eigenvalue weighted by molar-refractivity contribution is -0.121. The Kier molecular flexibility index (Phi) is 5.29. The van der Waals surface area contributed by atoms with Gasteiger partial charge in [-0.3, -0.25) is 9.00 Å². The Morgan fingerprint density at radius 1 is 1.45 bits per heavy atom. The van der Waals surface area contributed by atoms with E-state index in [-0.39, 0.29) is 23.5 Å². The number of hydrogen-bond acceptors (Lipinski definition) is 2. The first-order valence-electron chi connectivity index (χ1n) is 6.98. The van der Waals surface area contributed by atoms with Crippen molar-refractivity contribution in [3.8, 4) is 0 Å². The maximum Gasteiger partial charge on any atom is 0.235 e. The third-order valence-corrected chi connectivity index (χ3v) is 5.28. The van der Waals surface area contributed by atoms with E-state index < -0.39 is 16.0 Å². The second-order valence-electron chi connectivity index (χ2n) is 5.29. The summed E-state index contributed by atoms with van der Waals surface area (Å²) in [6.07, 6.45) is 4.31. The van der Waals surface area contributed by atoms with E-state index in [1.54, 1.807) is 19.1 Å². The fourth-order valence-electron chi connectivity index (χ4n) is 2.42. The molecule has 1 aliphatic rings. The number of rotatable bonds is 5. The van der Waals surface area contributed by atoms with E-state index in [0.717, 1.165) is 25.7 Å². The smallest absolute Gasteiger partial charge is 0.235 e. The number of carbonyl (C=O) groups excluding carboxylic acids is 1. The summed E-state index contributed by atoms with van der Waals surface area (Å²) in [5.41, 5.74) is 0.656. The van der Waals surface area contributed by atoms with Gasteiger partial charge in [0.2, 0.25) is 5.91 Å². The topological polar surface area (TPSA) is 46.2 Å². The third kappa shape index (κ3) is 4.13. The number of halogens is 1. The Morgan fingerprint density at radius 3 is 2.80 bits per heavy atom. The fraction of sp³-hybridized carbons (Fsp3) is 0.533. The van der Waals surface area contributed by atoms with Crippen LogP contribution in [-0.2, 0) is 21.3 Å². The van der Waals surface area contributed by atoms with Crippen LogP contribution in [0.3, 0.4) is 0 Å². The summed E-state index contributed by atoms with van der Waals surface area (Å²) in [6, 6.07) is 6.26. The van der Waals surface area contributed by atoms with Gasteiger partial charge in [-0.25, -0.2) is 4.39 Å². The van der Waals surface area contributed by atoms with Crippen molar-refractivity contribution in [3.63, 3.8) is 0 Å². The van der Waals surface area contributed by atoms with Crippen molar-refractivity contribution in [3.05, 3.63) is 35.6 Å². The molecule has 110 valence electrons. The minimum absolute atomic E-state index is 0.161. The van der Waals surface area contributed by atoms with Crippen LogP contribution in [0, 0.1) is 5.82 Å². The number of carbonyl (C=O) groups is 1. The zero-order valence-electron chi connectivity index (χ0n) is 11.6. The summed E-state index contributed by atoms with van der Waals surface area (Å²) in [5.74, 6) is -0.300. The van der Waals surface area contributed by atoms with Crippen LogP contribution in [0.15, 0.2) is 24.3 Å². The Hall–Kier alpha value is -1.23. The first-order chi connectivity index (χ1) is 9.56. The molecule has 0 aliphatic heterocycles. The van der Waals surface area contributed by atoms with E-state index in [0.29, 0.717) is 5.56 Å². The molecule has 1 aromatic carbocycles. The van der Waals surface area contributed by atoms with Gasteiger partial charge in [0.05, 0.1) is 0 Å². The molecule has 0 spiro atoms. The van der Waals surface area contributed by atoms with Crippen LogP contribution in [0.25, 0.3) is 0 Å². The molecule has 1 amide bonds. The maximum atomic E-state index is 13.1. The first-order valence-corrected chi connectivity index (χ1v) is 8.36. The Morgan fingerprint density at radius 2 is 2.15 bits per heavy atom. The fourth-order valence-corrected chi connectivity index (χ4v) is 3.49. The van der Waals surface area contributed by atoms with Crippen LogP contribution in [-0.4, -0.2) is 21.4 Å². The molecular formula is C15H20FNO2S. The zero-order valence-corrected chi connectivity index (χ0v) is 12.4. The molecule has 1 saturated carbocycles. The lowest BCUT2D eigenvalue weighted by atomic mass is 10.2. The summed E-state index contributed by atoms with van der Waals surface area (Å²) in [4.78, 5) is 12.0. The quantitative estimate of drug-likeness (QED) is 0.908. The predicted molar refractivity (Wildman–Crippen MR) is 78.1 cm³/mol. The highest BCUT2D eigenvalue weighted by Gasteiger charge is 2.24. The Labute approximate surface area is 121 Å². The number of amides is 1. The molecular weight excluding hydrogens is 277 g/mol. The van der Waals surface area contributed by atoms with Gasteiger partial charge in [-0.1, -0.05) is 25.0 Å². The second kappa shape index (κ2) is 6.97. The number of nitrogens with one attached hydrogen (secondary N) is 1. The standard InChI is InChI=1S/C15H20FNO2S/c1-11(15(18)17-14-7-2-3-8-14)20(19)10-12-5-4-6-13(16)9-12/h4-6,9,11,14H,2-3,7-8,10H2,1H3,(H,17,18)/t11-,20+/m1/s1. The van der Waals surface area contributed by atoms with Crippen molar-refractivity contribution in [1.29, 1.82) is 0 Å². The molecule has 3 nitrogen and oxygen atoms in total. The molecule has 0 radical (unpaired) electrons. The highest BCUT2D eigenvalue weighted by molar-refractivity contribution is 7.85. The second-order valence-corrected chi connectivity index (χ2v) is 7.04. The highest BCUT2D eigenvalue weighted by Crippen LogP contribution is 2.18. The van der Waals surface area contributed by atoms with Crippen LogP contribution >= 0.6 is 0 Å². The average Bonchev–Trinajstić information content (AvgIpc) is 2.90. The lowest BCUT2D eigenvalue weighted by Gasteiger charge is -2.16. The summed E-state index contributed by atoms with van der Waals surface area (Å²) in [7, 11) is -1.33. The highest BCUT2D eigenvalue weighted by atomic mass is 32.2. The minimum atomic E-state index is -1.33. The van der Waals surface area contributed by atoms with E-state index in [4.69, 9.17) is 0 Å². The van der Waals surface area contributed by atoms with E-state index in [9.17, 15) is 13.4 Å². The normalized spacial score (nSPS) is 18.7. The van der Waals surface area contributed by atoms with Crippen molar-refractivity contribution in [2.24, 2.45) is 0 Å². The molecule has 0 unspecified atom stereocenters. The largest absolute Gasteiger partial charge is 0.352 e. The maximum absolute atomic E-state index is 13.1. The molecule has 2 atom stereocenters. The molecule has 1 fully saturated rings. The van der Waals surface area contributed by atoms with E-state index >= 15 is 0 Å². The van der Waals surface area contributed by atoms with Gasteiger partial charge in [-0.2, -0.15) is 0 Å². The lowest BCUT2D eigenvalue weighted by Crippen LogP contribution is -2.40. The Balaban J connectivity index is 1.89. The molecule has 20 heavy (non-hydrogen) atoms. The van der Waals surface area contributed by atoms with Gasteiger partial charge in [0.15, 0.2) is 0 Å². The molecule has 0 heterocycles. The van der Waals surface area contributed by atoms with E-state index in [1.165, 1.54) is 12.1 Å². The first kappa shape index (κ1) is 15.2. The summed E-state index contributed by atoms with van der Waals surface area (Å²) in [5, 5.41) is 2.38. The van der Waals surface area contributed by atoms with Gasteiger partial charge in [0.25, 0.3) is 0 Å². The molecule has 1 N–H and O–H groups in total. The van der Waals surface area contributed by atoms with Gasteiger partial charge in [-0.15, -0.1) is 0 Å². The van der Waals surface area contributed by atoms with Crippen molar-refractivity contribution < 1.29 is 13.4 Å². The SMILES string of the molecule is C[C@H](C(=O)NC1CCCC1)[S@@](=O)Cc1cccc(F)c1. The van der Waals surface area contributed by atoms with Gasteiger partial charge in [-0.05, 0) is 37.5 Å². The van der Waals surface area contributed by atoms with Gasteiger partial charge in [0, 0.05) is 22.6 Å². The van der Waals surface area contributed by atoms with E-state index in [1.807, 2.05) is 0 Å². The molecule has 2 rings (SSSR count). The van der Waals surface area contributed by atoms with Crippen LogP contribution in [0.5, 0.6) is 0 Å². The van der Waals surface area contributed by atoms with Crippen LogP contribution in [0.4, 0.5) is 4.39 Å². The van der Waals surface area contributed by atoms with Crippen LogP contribution < -0.4 is 5.32 Å². The number of hydrogen-bond donors (Lipinski definition) is 1. The average molecular weight is 297 g/mol. The summed E-state index contributed by atoms with van der Waals surface area (Å²) < 4.78 is 25.2. The Bertz CT molecular complexity index is 500. The number of benzene rings is 1. The van der Waals surface area contributed by atoms with Crippen molar-refractivity contribution >= 4 is 16.7 Å². The summed E-state index contributed by atoms with van der Waals surface area (Å²) >= 11 is 0. The van der Waals surface area contributed by atoms with Crippen molar-refractivity contribution in [1.82, 2.24) is 5.32 Å². The van der Waals surface area contributed by atoms with E-state index in [2.05, 4.69) is 5.32 Å². The van der Waals surface area contributed by atoms with Crippen LogP contribution in [0.2, 0.25) is 0 Å². The molecule has 0 bridgehead atoms. The molecule has 5 heteroatoms. The molecule has 1 aromatic rings. The molecule has 0 aromatic heterocycles. The molecule has 0 saturated heterocycles. The molecule has 1 aliphatic carbocycles.